The summed E-state index contributed by atoms with van der Waals surface area (Å²) in [6, 6.07) is 4.27. The fraction of sp³-hybridized carbons (Fsp3) is 0.0909. The number of carbonyl (C=O) groups is 2. The third-order valence-electron chi connectivity index (χ3n) is 1.86. The minimum Gasteiger partial charge on any atom is -0.508 e. The summed E-state index contributed by atoms with van der Waals surface area (Å²) in [4.78, 5) is 20.7. The predicted octanol–water partition coefficient (Wildman–Crippen LogP) is 1.12. The molecule has 16 heavy (non-hydrogen) atoms. The lowest BCUT2D eigenvalue weighted by molar-refractivity contribution is -0.136. The molecule has 5 heteroatoms. The van der Waals surface area contributed by atoms with Gasteiger partial charge in [-0.1, -0.05) is 6.07 Å². The Balaban J connectivity index is 2.97. The quantitative estimate of drug-likeness (QED) is 0.663. The Morgan fingerprint density at radius 1 is 1.25 bits per heavy atom. The van der Waals surface area contributed by atoms with Gasteiger partial charge in [-0.3, -0.25) is 4.79 Å². The summed E-state index contributed by atoms with van der Waals surface area (Å²) in [6.07, 6.45) is 1.96. The second-order valence-electron chi connectivity index (χ2n) is 3.13. The molecule has 0 aliphatic rings. The van der Waals surface area contributed by atoms with Crippen molar-refractivity contribution in [2.45, 2.75) is 6.42 Å². The molecule has 0 unspecified atom stereocenters. The molecular weight excluding hydrogens is 212 g/mol. The Kier molecular flexibility index (Phi) is 3.66. The van der Waals surface area contributed by atoms with Gasteiger partial charge < -0.3 is 15.3 Å². The number of hydrogen-bond acceptors (Lipinski definition) is 3. The standard InChI is InChI=1S/C11H10O5/c12-9-3-1-7(2-4-10(13)14)5-8(9)6-11(15)16/h1-5,12H,6H2,(H,13,14)(H,15,16)/b4-2+. The lowest BCUT2D eigenvalue weighted by Gasteiger charge is -2.02. The molecule has 0 radical (unpaired) electrons. The zero-order valence-corrected chi connectivity index (χ0v) is 8.25. The van der Waals surface area contributed by atoms with Crippen molar-refractivity contribution in [1.29, 1.82) is 0 Å². The topological polar surface area (TPSA) is 94.8 Å². The molecule has 0 atom stereocenters. The number of phenolic OH excluding ortho intramolecular Hbond substituents is 1. The van der Waals surface area contributed by atoms with Crippen LogP contribution in [0.2, 0.25) is 0 Å². The van der Waals surface area contributed by atoms with E-state index in [1.165, 1.54) is 24.3 Å². The zero-order valence-electron chi connectivity index (χ0n) is 8.25. The molecule has 0 bridgehead atoms. The van der Waals surface area contributed by atoms with Crippen molar-refractivity contribution in [3.05, 3.63) is 35.4 Å². The van der Waals surface area contributed by atoms with Gasteiger partial charge in [0.15, 0.2) is 0 Å². The monoisotopic (exact) mass is 222 g/mol. The Labute approximate surface area is 91.3 Å². The SMILES string of the molecule is O=C(O)/C=C/c1ccc(O)c(CC(=O)O)c1. The summed E-state index contributed by atoms with van der Waals surface area (Å²) in [7, 11) is 0. The van der Waals surface area contributed by atoms with Crippen molar-refractivity contribution < 1.29 is 24.9 Å². The molecule has 0 fully saturated rings. The maximum absolute atomic E-state index is 10.5. The highest BCUT2D eigenvalue weighted by Gasteiger charge is 2.06. The summed E-state index contributed by atoms with van der Waals surface area (Å²) in [6.45, 7) is 0. The van der Waals surface area contributed by atoms with Crippen molar-refractivity contribution in [3.8, 4) is 5.75 Å². The molecule has 0 saturated heterocycles. The average molecular weight is 222 g/mol. The average Bonchev–Trinajstić information content (AvgIpc) is 2.18. The van der Waals surface area contributed by atoms with E-state index in [4.69, 9.17) is 10.2 Å². The van der Waals surface area contributed by atoms with Gasteiger partial charge in [0, 0.05) is 11.6 Å². The molecule has 1 rings (SSSR count). The molecule has 84 valence electrons. The van der Waals surface area contributed by atoms with Gasteiger partial charge in [-0.05, 0) is 23.8 Å². The number of benzene rings is 1. The molecule has 0 aliphatic carbocycles. The lowest BCUT2D eigenvalue weighted by Crippen LogP contribution is -2.00. The van der Waals surface area contributed by atoms with Crippen LogP contribution in [0.3, 0.4) is 0 Å². The van der Waals surface area contributed by atoms with Crippen molar-refractivity contribution in [2.75, 3.05) is 0 Å². The fourth-order valence-corrected chi connectivity index (χ4v) is 1.18. The molecule has 0 saturated carbocycles. The molecular formula is C11H10O5. The van der Waals surface area contributed by atoms with Crippen LogP contribution < -0.4 is 0 Å². The van der Waals surface area contributed by atoms with Gasteiger partial charge in [-0.25, -0.2) is 4.79 Å². The lowest BCUT2D eigenvalue weighted by atomic mass is 10.1. The second kappa shape index (κ2) is 4.97. The summed E-state index contributed by atoms with van der Waals surface area (Å²) in [5.74, 6) is -2.27. The fourth-order valence-electron chi connectivity index (χ4n) is 1.18. The molecule has 0 aliphatic heterocycles. The molecule has 0 heterocycles. The second-order valence-corrected chi connectivity index (χ2v) is 3.13. The van der Waals surface area contributed by atoms with Crippen molar-refractivity contribution >= 4 is 18.0 Å². The number of carboxylic acids is 2. The number of aromatic hydroxyl groups is 1. The molecule has 0 amide bonds. The summed E-state index contributed by atoms with van der Waals surface area (Å²) in [5, 5.41) is 26.3. The normalized spacial score (nSPS) is 10.5. The van der Waals surface area contributed by atoms with Crippen LogP contribution in [0.25, 0.3) is 6.08 Å². The minimum absolute atomic E-state index is 0.116. The van der Waals surface area contributed by atoms with E-state index in [2.05, 4.69) is 0 Å². The van der Waals surface area contributed by atoms with Crippen molar-refractivity contribution in [3.63, 3.8) is 0 Å². The number of phenols is 1. The van der Waals surface area contributed by atoms with Crippen LogP contribution >= 0.6 is 0 Å². The van der Waals surface area contributed by atoms with Crippen LogP contribution in [-0.4, -0.2) is 27.3 Å². The summed E-state index contributed by atoms with van der Waals surface area (Å²) in [5.41, 5.74) is 0.775. The van der Waals surface area contributed by atoms with Crippen LogP contribution in [0.1, 0.15) is 11.1 Å². The zero-order chi connectivity index (χ0) is 12.1. The third kappa shape index (κ3) is 3.45. The van der Waals surface area contributed by atoms with E-state index >= 15 is 0 Å². The first-order chi connectivity index (χ1) is 7.49. The van der Waals surface area contributed by atoms with Gasteiger partial charge in [0.2, 0.25) is 0 Å². The van der Waals surface area contributed by atoms with Gasteiger partial charge in [-0.2, -0.15) is 0 Å². The van der Waals surface area contributed by atoms with E-state index in [1.807, 2.05) is 0 Å². The van der Waals surface area contributed by atoms with Crippen LogP contribution in [-0.2, 0) is 16.0 Å². The van der Waals surface area contributed by atoms with E-state index in [0.29, 0.717) is 5.56 Å². The van der Waals surface area contributed by atoms with Gasteiger partial charge in [-0.15, -0.1) is 0 Å². The molecule has 0 spiro atoms. The van der Waals surface area contributed by atoms with Gasteiger partial charge >= 0.3 is 11.9 Å². The largest absolute Gasteiger partial charge is 0.508 e. The van der Waals surface area contributed by atoms with Crippen LogP contribution in [0.15, 0.2) is 24.3 Å². The first-order valence-electron chi connectivity index (χ1n) is 4.43. The van der Waals surface area contributed by atoms with Gasteiger partial charge in [0.05, 0.1) is 6.42 Å². The Morgan fingerprint density at radius 3 is 2.50 bits per heavy atom. The highest BCUT2D eigenvalue weighted by Crippen LogP contribution is 2.19. The molecule has 1 aromatic rings. The first kappa shape index (κ1) is 11.8. The maximum atomic E-state index is 10.5. The van der Waals surface area contributed by atoms with E-state index in [9.17, 15) is 14.7 Å². The van der Waals surface area contributed by atoms with Crippen molar-refractivity contribution in [2.24, 2.45) is 0 Å². The minimum atomic E-state index is -1.09. The Hall–Kier alpha value is -2.30. The molecule has 0 aromatic heterocycles. The third-order valence-corrected chi connectivity index (χ3v) is 1.86. The highest BCUT2D eigenvalue weighted by atomic mass is 16.4. The Bertz CT molecular complexity index is 448. The number of carboxylic acid groups (broad SMARTS) is 2. The number of rotatable bonds is 4. The molecule has 1 aromatic carbocycles. The maximum Gasteiger partial charge on any atom is 0.328 e. The van der Waals surface area contributed by atoms with Crippen LogP contribution in [0.4, 0.5) is 0 Å². The van der Waals surface area contributed by atoms with Gasteiger partial charge in [0.1, 0.15) is 5.75 Å². The van der Waals surface area contributed by atoms with Crippen LogP contribution in [0.5, 0.6) is 5.75 Å². The Morgan fingerprint density at radius 2 is 1.94 bits per heavy atom. The predicted molar refractivity (Wildman–Crippen MR) is 56.1 cm³/mol. The van der Waals surface area contributed by atoms with Crippen LogP contribution in [0, 0.1) is 0 Å². The molecule has 5 nitrogen and oxygen atoms in total. The summed E-state index contributed by atoms with van der Waals surface area (Å²) < 4.78 is 0. The van der Waals surface area contributed by atoms with Gasteiger partial charge in [0.25, 0.3) is 0 Å². The van der Waals surface area contributed by atoms with E-state index in [0.717, 1.165) is 6.08 Å². The number of aliphatic carboxylic acids is 2. The smallest absolute Gasteiger partial charge is 0.328 e. The first-order valence-corrected chi connectivity index (χ1v) is 4.43. The van der Waals surface area contributed by atoms with E-state index in [1.54, 1.807) is 0 Å². The van der Waals surface area contributed by atoms with Crippen molar-refractivity contribution in [1.82, 2.24) is 0 Å². The molecule has 3 N–H and O–H groups in total. The number of hydrogen-bond donors (Lipinski definition) is 3. The van der Waals surface area contributed by atoms with E-state index < -0.39 is 11.9 Å². The highest BCUT2D eigenvalue weighted by molar-refractivity contribution is 5.85. The summed E-state index contributed by atoms with van der Waals surface area (Å²) >= 11 is 0. The van der Waals surface area contributed by atoms with E-state index in [-0.39, 0.29) is 17.7 Å².